The molecule has 0 radical (unpaired) electrons. The monoisotopic (exact) mass is 263 g/mol. The van der Waals surface area contributed by atoms with E-state index in [1.54, 1.807) is 0 Å². The minimum Gasteiger partial charge on any atom is -0.370 e. The van der Waals surface area contributed by atoms with Crippen LogP contribution in [0.15, 0.2) is 18.2 Å². The van der Waals surface area contributed by atoms with E-state index < -0.39 is 0 Å². The molecule has 0 fully saturated rings. The maximum atomic E-state index is 9.22. The highest BCUT2D eigenvalue weighted by Gasteiger charge is 1.96. The van der Waals surface area contributed by atoms with Crippen LogP contribution in [0.3, 0.4) is 0 Å². The molecule has 16 heavy (non-hydrogen) atoms. The molecule has 4 heteroatoms. The zero-order valence-electron chi connectivity index (χ0n) is 10.2. The zero-order chi connectivity index (χ0) is 13.1. The van der Waals surface area contributed by atoms with Crippen molar-refractivity contribution in [1.82, 2.24) is 0 Å². The van der Waals surface area contributed by atoms with E-state index in [4.69, 9.17) is 23.2 Å². The first kappa shape index (κ1) is 17.7. The van der Waals surface area contributed by atoms with Gasteiger partial charge in [-0.15, -0.1) is 0 Å². The SMILES string of the molecule is CC.CC(N)=O.CCc1ccc(Cl)c(Cl)c1. The molecule has 0 aliphatic carbocycles. The molecule has 2 N–H and O–H groups in total. The van der Waals surface area contributed by atoms with Crippen molar-refractivity contribution < 1.29 is 4.79 Å². The number of benzene rings is 1. The first-order chi connectivity index (χ1) is 7.47. The molecule has 0 unspecified atom stereocenters. The topological polar surface area (TPSA) is 43.1 Å². The first-order valence-corrected chi connectivity index (χ1v) is 5.93. The third kappa shape index (κ3) is 9.81. The minimum absolute atomic E-state index is 0.333. The van der Waals surface area contributed by atoms with Crippen LogP contribution in [0.4, 0.5) is 0 Å². The number of hydrogen-bond donors (Lipinski definition) is 1. The van der Waals surface area contributed by atoms with Crippen molar-refractivity contribution in [3.05, 3.63) is 33.8 Å². The van der Waals surface area contributed by atoms with Crippen LogP contribution < -0.4 is 5.73 Å². The Bertz CT molecular complexity index is 310. The average Bonchev–Trinajstić information content (AvgIpc) is 2.24. The molecule has 0 heterocycles. The number of carbonyl (C=O) groups excluding carboxylic acids is 1. The Morgan fingerprint density at radius 3 is 2.00 bits per heavy atom. The number of halogens is 2. The van der Waals surface area contributed by atoms with Gasteiger partial charge >= 0.3 is 0 Å². The van der Waals surface area contributed by atoms with Crippen molar-refractivity contribution in [3.8, 4) is 0 Å². The van der Waals surface area contributed by atoms with Gasteiger partial charge in [-0.1, -0.05) is 50.0 Å². The molecule has 0 aliphatic rings. The van der Waals surface area contributed by atoms with Crippen LogP contribution in [-0.2, 0) is 11.2 Å². The lowest BCUT2D eigenvalue weighted by Crippen LogP contribution is -2.01. The van der Waals surface area contributed by atoms with Gasteiger partial charge in [0.05, 0.1) is 10.0 Å². The number of hydrogen-bond acceptors (Lipinski definition) is 1. The summed E-state index contributed by atoms with van der Waals surface area (Å²) in [5.41, 5.74) is 5.69. The van der Waals surface area contributed by atoms with Crippen molar-refractivity contribution in [1.29, 1.82) is 0 Å². The Labute approximate surface area is 108 Å². The quantitative estimate of drug-likeness (QED) is 0.816. The van der Waals surface area contributed by atoms with Crippen LogP contribution >= 0.6 is 23.2 Å². The molecule has 0 saturated carbocycles. The maximum absolute atomic E-state index is 9.22. The molecule has 0 bridgehead atoms. The van der Waals surface area contributed by atoms with E-state index in [0.29, 0.717) is 10.0 Å². The number of primary amides is 1. The van der Waals surface area contributed by atoms with Crippen LogP contribution in [0.5, 0.6) is 0 Å². The zero-order valence-corrected chi connectivity index (χ0v) is 11.7. The van der Waals surface area contributed by atoms with Crippen LogP contribution in [0, 0.1) is 0 Å². The molecular weight excluding hydrogens is 245 g/mol. The van der Waals surface area contributed by atoms with Gasteiger partial charge in [0.2, 0.25) is 5.91 Å². The Kier molecular flexibility index (Phi) is 11.9. The van der Waals surface area contributed by atoms with Gasteiger partial charge in [0.25, 0.3) is 0 Å². The van der Waals surface area contributed by atoms with Crippen molar-refractivity contribution in [2.75, 3.05) is 0 Å². The highest BCUT2D eigenvalue weighted by molar-refractivity contribution is 6.42. The number of aryl methyl sites for hydroxylation is 1. The maximum Gasteiger partial charge on any atom is 0.214 e. The number of nitrogens with two attached hydrogens (primary N) is 1. The molecule has 1 rings (SSSR count). The molecule has 2 nitrogen and oxygen atoms in total. The Balaban J connectivity index is 0. The van der Waals surface area contributed by atoms with Gasteiger partial charge in [0.1, 0.15) is 0 Å². The fourth-order valence-electron chi connectivity index (χ4n) is 0.760. The van der Waals surface area contributed by atoms with Crippen LogP contribution in [0.25, 0.3) is 0 Å². The van der Waals surface area contributed by atoms with E-state index in [0.717, 1.165) is 6.42 Å². The van der Waals surface area contributed by atoms with E-state index in [9.17, 15) is 4.79 Å². The number of amides is 1. The molecule has 0 atom stereocenters. The first-order valence-electron chi connectivity index (χ1n) is 5.17. The normalized spacial score (nSPS) is 8.12. The lowest BCUT2D eigenvalue weighted by molar-refractivity contribution is -0.115. The third-order valence-corrected chi connectivity index (χ3v) is 2.13. The number of rotatable bonds is 1. The van der Waals surface area contributed by atoms with Gasteiger partial charge in [-0.25, -0.2) is 0 Å². The average molecular weight is 264 g/mol. The Hall–Kier alpha value is -0.730. The second kappa shape index (κ2) is 10.8. The Morgan fingerprint density at radius 2 is 1.69 bits per heavy atom. The summed E-state index contributed by atoms with van der Waals surface area (Å²) in [6.07, 6.45) is 0.997. The highest BCUT2D eigenvalue weighted by Crippen LogP contribution is 2.22. The van der Waals surface area contributed by atoms with Crippen LogP contribution in [0.1, 0.15) is 33.3 Å². The second-order valence-electron chi connectivity index (χ2n) is 2.71. The highest BCUT2D eigenvalue weighted by atomic mass is 35.5. The molecule has 0 aliphatic heterocycles. The van der Waals surface area contributed by atoms with Gasteiger partial charge in [0.15, 0.2) is 0 Å². The fraction of sp³-hybridized carbons (Fsp3) is 0.417. The van der Waals surface area contributed by atoms with Gasteiger partial charge in [-0.3, -0.25) is 4.79 Å². The van der Waals surface area contributed by atoms with Crippen molar-refractivity contribution in [3.63, 3.8) is 0 Å². The van der Waals surface area contributed by atoms with E-state index >= 15 is 0 Å². The molecule has 92 valence electrons. The summed E-state index contributed by atoms with van der Waals surface area (Å²) in [7, 11) is 0. The summed E-state index contributed by atoms with van der Waals surface area (Å²) in [6.45, 7) is 7.39. The van der Waals surface area contributed by atoms with E-state index in [1.165, 1.54) is 12.5 Å². The molecule has 1 amide bonds. The lowest BCUT2D eigenvalue weighted by Gasteiger charge is -1.97. The molecular formula is C12H19Cl2NO. The molecule has 0 saturated heterocycles. The predicted molar refractivity (Wildman–Crippen MR) is 72.1 cm³/mol. The number of carbonyl (C=O) groups is 1. The van der Waals surface area contributed by atoms with Crippen LogP contribution in [-0.4, -0.2) is 5.91 Å². The molecule has 0 spiro atoms. The molecule has 1 aromatic rings. The summed E-state index contributed by atoms with van der Waals surface area (Å²) in [5, 5.41) is 1.26. The van der Waals surface area contributed by atoms with Crippen molar-refractivity contribution in [2.24, 2.45) is 5.73 Å². The largest absolute Gasteiger partial charge is 0.370 e. The summed E-state index contributed by atoms with van der Waals surface area (Å²) in [5.74, 6) is -0.333. The van der Waals surface area contributed by atoms with Crippen molar-refractivity contribution in [2.45, 2.75) is 34.1 Å². The predicted octanol–water partition coefficient (Wildman–Crippen LogP) is 4.07. The summed E-state index contributed by atoms with van der Waals surface area (Å²) in [6, 6.07) is 5.70. The van der Waals surface area contributed by atoms with E-state index in [1.807, 2.05) is 32.0 Å². The van der Waals surface area contributed by atoms with Gasteiger partial charge in [-0.2, -0.15) is 0 Å². The standard InChI is InChI=1S/C8H8Cl2.C2H5NO.C2H6/c1-2-6-3-4-7(9)8(10)5-6;1-2(3)4;1-2/h3-5H,2H2,1H3;1H3,(H2,3,4);1-2H3. The van der Waals surface area contributed by atoms with Gasteiger partial charge < -0.3 is 5.73 Å². The molecule has 1 aromatic carbocycles. The second-order valence-corrected chi connectivity index (χ2v) is 3.53. The third-order valence-electron chi connectivity index (χ3n) is 1.39. The van der Waals surface area contributed by atoms with Gasteiger partial charge in [-0.05, 0) is 24.1 Å². The lowest BCUT2D eigenvalue weighted by atomic mass is 10.2. The molecule has 0 aromatic heterocycles. The van der Waals surface area contributed by atoms with E-state index in [2.05, 4.69) is 12.7 Å². The van der Waals surface area contributed by atoms with Crippen molar-refractivity contribution >= 4 is 29.1 Å². The van der Waals surface area contributed by atoms with Crippen LogP contribution in [0.2, 0.25) is 10.0 Å². The summed E-state index contributed by atoms with van der Waals surface area (Å²) < 4.78 is 0. The van der Waals surface area contributed by atoms with Gasteiger partial charge in [0, 0.05) is 6.92 Å². The minimum atomic E-state index is -0.333. The summed E-state index contributed by atoms with van der Waals surface area (Å²) in [4.78, 5) is 9.22. The summed E-state index contributed by atoms with van der Waals surface area (Å²) >= 11 is 11.5. The fourth-order valence-corrected chi connectivity index (χ4v) is 1.08. The van der Waals surface area contributed by atoms with E-state index in [-0.39, 0.29) is 5.91 Å². The Morgan fingerprint density at radius 1 is 1.25 bits per heavy atom. The smallest absolute Gasteiger partial charge is 0.214 e.